The number of aromatic nitrogens is 1. The van der Waals surface area contributed by atoms with Gasteiger partial charge < -0.3 is 36.8 Å². The van der Waals surface area contributed by atoms with Gasteiger partial charge in [0.25, 0.3) is 17.4 Å². The number of hydrogen-bond acceptors (Lipinski definition) is 14. The Hall–Kier alpha value is -4.37. The molecule has 1 aromatic heterocycles. The van der Waals surface area contributed by atoms with Crippen LogP contribution in [0.2, 0.25) is 0 Å². The molecule has 1 saturated carbocycles. The molecule has 2 amide bonds. The van der Waals surface area contributed by atoms with E-state index < -0.39 is 57.2 Å². The number of rotatable bonds is 13. The van der Waals surface area contributed by atoms with Crippen molar-refractivity contribution in [1.82, 2.24) is 20.7 Å². The fraction of sp³-hybridized carbons (Fsp3) is 0.517. The summed E-state index contributed by atoms with van der Waals surface area (Å²) in [5.74, 6) is -1.75. The first-order chi connectivity index (χ1) is 22.9. The number of nitrogens with one attached hydrogen (secondary N) is 3. The zero-order valence-corrected chi connectivity index (χ0v) is 28.5. The number of nitrogens with two attached hydrogens (primary N) is 2. The van der Waals surface area contributed by atoms with Crippen LogP contribution in [-0.2, 0) is 40.3 Å². The highest BCUT2D eigenvalue weighted by atomic mass is 32.3. The molecule has 266 valence electrons. The second kappa shape index (κ2) is 13.5. The molecule has 1 saturated heterocycles. The number of carbonyl (C=O) groups excluding carboxylic acids is 2. The van der Waals surface area contributed by atoms with Crippen molar-refractivity contribution in [3.63, 3.8) is 0 Å². The number of thiazole rings is 1. The minimum Gasteiger partial charge on any atom is -0.485 e. The molecule has 1 aliphatic carbocycles. The van der Waals surface area contributed by atoms with Crippen molar-refractivity contribution in [2.45, 2.75) is 69.7 Å². The van der Waals surface area contributed by atoms with Crippen molar-refractivity contribution in [2.75, 3.05) is 18.8 Å². The molecule has 3 aliphatic rings. The lowest BCUT2D eigenvalue weighted by atomic mass is 9.75. The Balaban J connectivity index is 1.30. The summed E-state index contributed by atoms with van der Waals surface area (Å²) in [4.78, 5) is 48.3. The van der Waals surface area contributed by atoms with Crippen molar-refractivity contribution in [1.29, 1.82) is 5.41 Å². The van der Waals surface area contributed by atoms with Crippen LogP contribution in [0.5, 0.6) is 5.75 Å². The van der Waals surface area contributed by atoms with Crippen LogP contribution in [0.1, 0.15) is 56.9 Å². The largest absolute Gasteiger partial charge is 0.485 e. The minimum atomic E-state index is -5.03. The average molecular weight is 723 g/mol. The number of hydrogen-bond donors (Lipinski definition) is 7. The Morgan fingerprint density at radius 2 is 2.02 bits per heavy atom. The molecule has 0 radical (unpaired) electrons. The maximum Gasteiger partial charge on any atom is 0.418 e. The number of carboxylic acid groups (broad SMARTS) is 1. The number of oxime groups is 1. The fourth-order valence-corrected chi connectivity index (χ4v) is 6.91. The molecule has 0 unspecified atom stereocenters. The normalized spacial score (nSPS) is 24.3. The van der Waals surface area contributed by atoms with E-state index >= 15 is 0 Å². The number of β-lactam (4-membered cyclic amide) rings is 1. The van der Waals surface area contributed by atoms with E-state index in [9.17, 15) is 27.9 Å². The number of ether oxygens (including phenoxy) is 1. The highest BCUT2D eigenvalue weighted by Crippen LogP contribution is 2.36. The summed E-state index contributed by atoms with van der Waals surface area (Å²) in [6.45, 7) is 5.34. The van der Waals surface area contributed by atoms with Gasteiger partial charge in [0, 0.05) is 17.5 Å². The summed E-state index contributed by atoms with van der Waals surface area (Å²) >= 11 is 0.964. The van der Waals surface area contributed by atoms with E-state index in [2.05, 4.69) is 25.1 Å². The Labute approximate surface area is 285 Å². The van der Waals surface area contributed by atoms with E-state index in [1.807, 2.05) is 6.07 Å². The molecule has 49 heavy (non-hydrogen) atoms. The van der Waals surface area contributed by atoms with Gasteiger partial charge in [-0.15, -0.1) is 15.6 Å². The Kier molecular flexibility index (Phi) is 9.90. The first-order valence-electron chi connectivity index (χ1n) is 15.3. The second-order valence-corrected chi connectivity index (χ2v) is 14.8. The number of hydroxylamine groups is 2. The zero-order chi connectivity index (χ0) is 35.9. The predicted molar refractivity (Wildman–Crippen MR) is 175 cm³/mol. The molecule has 2 aliphatic heterocycles. The number of amides is 2. The van der Waals surface area contributed by atoms with Gasteiger partial charge in [-0.2, -0.15) is 13.5 Å². The van der Waals surface area contributed by atoms with Crippen LogP contribution in [0.25, 0.3) is 0 Å². The molecule has 3 heterocycles. The number of carboxylic acids is 1. The Bertz CT molecular complexity index is 1790. The number of fused-ring (bicyclic) bond motifs is 1. The molecule has 9 N–H and O–H groups in total. The van der Waals surface area contributed by atoms with Gasteiger partial charge in [-0.3, -0.25) is 19.6 Å². The van der Waals surface area contributed by atoms with E-state index in [-0.39, 0.29) is 23.1 Å². The van der Waals surface area contributed by atoms with E-state index in [0.29, 0.717) is 47.7 Å². The predicted octanol–water partition coefficient (Wildman–Crippen LogP) is 0.423. The maximum atomic E-state index is 13.4. The lowest BCUT2D eigenvalue weighted by molar-refractivity contribution is -0.218. The van der Waals surface area contributed by atoms with E-state index in [1.165, 1.54) is 26.2 Å². The number of aliphatic carboxylic acids is 1. The van der Waals surface area contributed by atoms with Crippen LogP contribution in [0.4, 0.5) is 5.13 Å². The van der Waals surface area contributed by atoms with Crippen LogP contribution in [0, 0.1) is 17.2 Å². The van der Waals surface area contributed by atoms with Gasteiger partial charge in [0.05, 0.1) is 5.54 Å². The number of carbonyl (C=O) groups is 3. The van der Waals surface area contributed by atoms with Crippen LogP contribution >= 0.6 is 11.3 Å². The van der Waals surface area contributed by atoms with Gasteiger partial charge in [0.15, 0.2) is 16.9 Å². The molecule has 2 fully saturated rings. The van der Waals surface area contributed by atoms with Crippen molar-refractivity contribution in [2.24, 2.45) is 22.7 Å². The summed E-state index contributed by atoms with van der Waals surface area (Å²) in [5.41, 5.74) is 8.74. The van der Waals surface area contributed by atoms with Crippen LogP contribution in [-0.4, -0.2) is 93.8 Å². The third-order valence-corrected chi connectivity index (χ3v) is 10.0. The summed E-state index contributed by atoms with van der Waals surface area (Å²) in [7, 11) is -5.03. The van der Waals surface area contributed by atoms with Gasteiger partial charge in [-0.05, 0) is 88.6 Å². The first kappa shape index (κ1) is 35.9. The summed E-state index contributed by atoms with van der Waals surface area (Å²) in [6.07, 6.45) is 1.61. The highest BCUT2D eigenvalue weighted by Gasteiger charge is 2.58. The highest BCUT2D eigenvalue weighted by molar-refractivity contribution is 7.80. The topological polar surface area (TPSA) is 282 Å². The van der Waals surface area contributed by atoms with Crippen LogP contribution in [0.15, 0.2) is 28.7 Å². The van der Waals surface area contributed by atoms with Crippen molar-refractivity contribution >= 4 is 56.2 Å². The number of anilines is 1. The second-order valence-electron chi connectivity index (χ2n) is 12.9. The molecule has 20 heteroatoms. The lowest BCUT2D eigenvalue weighted by Gasteiger charge is -2.50. The quantitative estimate of drug-likeness (QED) is 0.0485. The number of nitrogen functional groups attached to an aromatic ring is 1. The molecular weight excluding hydrogens is 684 g/mol. The SMILES string of the molecule is CC1(C)[C@H](NC(=O)/C(=N\O[C@](C)(C(=O)O)[C@H]2CCc3cc(C(=N)NCC4CC(CN)C4)ccc3O2)c2csc(N)n2)C(=O)N1OS(=O)(=O)O. The summed E-state index contributed by atoms with van der Waals surface area (Å²) in [6, 6.07) is 3.85. The molecule has 5 rings (SSSR count). The summed E-state index contributed by atoms with van der Waals surface area (Å²) < 4.78 is 41.7. The van der Waals surface area contributed by atoms with Crippen LogP contribution in [0.3, 0.4) is 0 Å². The Morgan fingerprint density at radius 1 is 1.31 bits per heavy atom. The van der Waals surface area contributed by atoms with Crippen molar-refractivity contribution in [3.8, 4) is 5.75 Å². The van der Waals surface area contributed by atoms with Gasteiger partial charge in [0.1, 0.15) is 23.3 Å². The number of benzene rings is 1. The molecule has 3 atom stereocenters. The van der Waals surface area contributed by atoms with Gasteiger partial charge in [-0.25, -0.2) is 9.78 Å². The molecule has 0 spiro atoms. The lowest BCUT2D eigenvalue weighted by Crippen LogP contribution is -2.76. The first-order valence-corrected chi connectivity index (χ1v) is 17.5. The number of amidine groups is 1. The third kappa shape index (κ3) is 7.47. The molecular formula is C29H38N8O10S2. The van der Waals surface area contributed by atoms with Gasteiger partial charge >= 0.3 is 16.4 Å². The molecule has 1 aromatic carbocycles. The summed E-state index contributed by atoms with van der Waals surface area (Å²) in [5, 5.41) is 30.0. The van der Waals surface area contributed by atoms with E-state index in [0.717, 1.165) is 29.7 Å². The third-order valence-electron chi connectivity index (χ3n) is 8.99. The maximum absolute atomic E-state index is 13.4. The molecule has 2 aromatic rings. The zero-order valence-electron chi connectivity index (χ0n) is 26.8. The minimum absolute atomic E-state index is 0.0578. The fourth-order valence-electron chi connectivity index (χ4n) is 5.91. The number of nitrogens with zero attached hydrogens (tertiary/aromatic N) is 3. The monoisotopic (exact) mass is 722 g/mol. The van der Waals surface area contributed by atoms with Gasteiger partial charge in [-0.1, -0.05) is 5.16 Å². The van der Waals surface area contributed by atoms with E-state index in [4.69, 9.17) is 31.0 Å². The van der Waals surface area contributed by atoms with Gasteiger partial charge in [0.2, 0.25) is 0 Å². The number of aryl methyl sites for hydroxylation is 1. The van der Waals surface area contributed by atoms with Crippen molar-refractivity contribution < 1.29 is 46.3 Å². The van der Waals surface area contributed by atoms with Crippen molar-refractivity contribution in [3.05, 3.63) is 40.4 Å². The van der Waals surface area contributed by atoms with E-state index in [1.54, 1.807) is 12.1 Å². The molecule has 0 bridgehead atoms. The molecule has 18 nitrogen and oxygen atoms in total. The average Bonchev–Trinajstić information content (AvgIpc) is 3.45. The Morgan fingerprint density at radius 3 is 2.61 bits per heavy atom. The standard InChI is InChI=1S/C29H38N8O10S2/c1-28(2)22(25(39)37(28)47-49(42,43)44)35-24(38)21(18-13-48-27(32)34-18)36-46-29(3,26(40)41)20-7-5-16-10-17(4-6-19(16)45-20)23(31)33-12-15-8-14(9-15)11-30/h4,6,10,13-15,20,22H,5,7-9,11-12,30H2,1-3H3,(H2,31,33)(H2,32,34)(H,35,38)(H,40,41)(H,42,43,44)/b36-21-/t14?,15?,20-,22-,29+/m1/s1. The van der Waals surface area contributed by atoms with Crippen LogP contribution < -0.4 is 26.8 Å². The smallest absolute Gasteiger partial charge is 0.418 e.